The first kappa shape index (κ1) is 62.3. The van der Waals surface area contributed by atoms with Crippen LogP contribution in [0.4, 0.5) is 0 Å². The van der Waals surface area contributed by atoms with Gasteiger partial charge in [0.25, 0.3) is 0 Å². The summed E-state index contributed by atoms with van der Waals surface area (Å²) in [6.07, 6.45) is 4.08. The normalized spacial score (nSPS) is 7.83. The van der Waals surface area contributed by atoms with E-state index in [9.17, 15) is 19.2 Å². The van der Waals surface area contributed by atoms with Crippen LogP contribution < -0.4 is 0 Å². The number of Topliss-reactive ketones (excluding diaryl/α,β-unsaturated/α-hetero) is 1. The molecule has 0 aromatic rings. The summed E-state index contributed by atoms with van der Waals surface area (Å²) in [6, 6.07) is 0. The highest BCUT2D eigenvalue weighted by molar-refractivity contribution is 7.97. The lowest BCUT2D eigenvalue weighted by Gasteiger charge is -2.02. The first-order valence-corrected chi connectivity index (χ1v) is 18.5. The van der Waals surface area contributed by atoms with Crippen LogP contribution in [0.25, 0.3) is 0 Å². The Balaban J connectivity index is -0.0000000390. The van der Waals surface area contributed by atoms with Crippen molar-refractivity contribution in [2.24, 2.45) is 0 Å². The molecule has 0 atom stereocenters. The molecule has 0 radical (unpaired) electrons. The molecule has 0 saturated heterocycles. The number of nitrogens with zero attached hydrogens (tertiary/aromatic N) is 3. The van der Waals surface area contributed by atoms with E-state index in [2.05, 4.69) is 56.1 Å². The number of methoxy groups -OCH3 is 2. The molecule has 2 amide bonds. The molecule has 0 aliphatic rings. The predicted octanol–water partition coefficient (Wildman–Crippen LogP) is 5.71. The number of rotatable bonds is 0. The van der Waals surface area contributed by atoms with Crippen LogP contribution in [0.3, 0.4) is 0 Å². The molecule has 0 aromatic heterocycles. The maximum absolute atomic E-state index is 10.1. The number of amides is 2. The minimum atomic E-state index is -0.611. The number of ether oxygens (including phenoxy) is 2. The highest BCUT2D eigenvalue weighted by Gasteiger charge is 1.99. The highest BCUT2D eigenvalue weighted by Crippen LogP contribution is 1.94. The zero-order valence-corrected chi connectivity index (χ0v) is 33.1. The SMILES string of the molecule is CB(C)C.CC(=O)N(C)C.CC(=O)N(C)C.CC(C)=O.CN(C)C.COC.COC(C)=O.CSC.C[Si](C)(C)C. The van der Waals surface area contributed by atoms with Gasteiger partial charge in [-0.25, -0.2) is 0 Å². The standard InChI is InChI=1S/2C4H9NO.C4H12Si.C3H9B.C3H9N.C3H6O2.C3H6O.C2H6O.C2H6S/c2*1-4(6)5(2)3;1-5(2,3)4;2*1-4(2)3;1-3(4)5-2;1-3(2)4;2*1-3-2/h2*1-3H3;1-4H3;2*1-3H3;1-2H3;1-2H3;2*1-2H3. The van der Waals surface area contributed by atoms with E-state index in [-0.39, 0.29) is 23.6 Å². The van der Waals surface area contributed by atoms with Crippen LogP contribution in [0.1, 0.15) is 34.6 Å². The van der Waals surface area contributed by atoms with E-state index >= 15 is 0 Å². The molecule has 9 nitrogen and oxygen atoms in total. The molecular formula is C28H72BN3O6SSi. The molecule has 0 aromatic carbocycles. The number of thioether (sulfide) groups is 1. The van der Waals surface area contributed by atoms with Gasteiger partial charge in [0.15, 0.2) is 0 Å². The molecule has 0 rings (SSSR count). The van der Waals surface area contributed by atoms with E-state index in [1.54, 1.807) is 54.2 Å². The summed E-state index contributed by atoms with van der Waals surface area (Å²) >= 11 is 1.75. The fourth-order valence-electron chi connectivity index (χ4n) is 0. The molecule has 0 heterocycles. The molecule has 0 spiro atoms. The van der Waals surface area contributed by atoms with Gasteiger partial charge in [-0.3, -0.25) is 14.4 Å². The van der Waals surface area contributed by atoms with Gasteiger partial charge in [-0.15, -0.1) is 0 Å². The first-order valence-electron chi connectivity index (χ1n) is 12.9. The van der Waals surface area contributed by atoms with Crippen LogP contribution in [-0.2, 0) is 28.7 Å². The Morgan fingerprint density at radius 2 is 0.675 bits per heavy atom. The number of ketones is 1. The van der Waals surface area contributed by atoms with Crippen molar-refractivity contribution < 1.29 is 28.7 Å². The quantitative estimate of drug-likeness (QED) is 0.252. The smallest absolute Gasteiger partial charge is 0.302 e. The van der Waals surface area contributed by atoms with Crippen molar-refractivity contribution in [3.8, 4) is 0 Å². The van der Waals surface area contributed by atoms with Crippen LogP contribution in [0.5, 0.6) is 0 Å². The summed E-state index contributed by atoms with van der Waals surface area (Å²) in [4.78, 5) is 44.2. The van der Waals surface area contributed by atoms with Crippen LogP contribution in [-0.4, -0.2) is 136 Å². The Morgan fingerprint density at radius 3 is 0.675 bits per heavy atom. The molecule has 0 bridgehead atoms. The van der Waals surface area contributed by atoms with Crippen molar-refractivity contribution in [2.75, 3.05) is 83.2 Å². The summed E-state index contributed by atoms with van der Waals surface area (Å²) in [6.45, 7) is 24.1. The van der Waals surface area contributed by atoms with Crippen LogP contribution in [0, 0.1) is 0 Å². The Hall–Kier alpha value is -1.37. The average molecular weight is 618 g/mol. The lowest BCUT2D eigenvalue weighted by Crippen LogP contribution is -2.17. The van der Waals surface area contributed by atoms with Gasteiger partial charge in [-0.1, -0.05) is 46.7 Å². The molecule has 0 aliphatic carbocycles. The monoisotopic (exact) mass is 618 g/mol. The maximum atomic E-state index is 10.1. The summed E-state index contributed by atoms with van der Waals surface area (Å²) < 4.78 is 8.36. The number of hydrogen-bond acceptors (Lipinski definition) is 8. The molecule has 0 saturated carbocycles. The molecule has 40 heavy (non-hydrogen) atoms. The fraction of sp³-hybridized carbons (Fsp3) is 0.857. The van der Waals surface area contributed by atoms with E-state index < -0.39 is 8.07 Å². The molecule has 0 N–H and O–H groups in total. The molecule has 0 unspecified atom stereocenters. The molecule has 248 valence electrons. The topological polar surface area (TPSA) is 96.5 Å². The molecule has 0 fully saturated rings. The second-order valence-corrected chi connectivity index (χ2v) is 18.1. The molecular weight excluding hydrogens is 545 g/mol. The van der Waals surface area contributed by atoms with Gasteiger partial charge < -0.3 is 29.0 Å². The van der Waals surface area contributed by atoms with E-state index in [1.807, 2.05) is 38.6 Å². The van der Waals surface area contributed by atoms with Gasteiger partial charge in [0.05, 0.1) is 7.11 Å². The first-order chi connectivity index (χ1) is 17.6. The number of carbonyl (C=O) groups is 4. The Morgan fingerprint density at radius 1 is 0.625 bits per heavy atom. The average Bonchev–Trinajstić information content (AvgIpc) is 2.67. The summed E-state index contributed by atoms with van der Waals surface area (Å²) in [5, 5.41) is 0. The van der Waals surface area contributed by atoms with Crippen LogP contribution >= 0.6 is 11.8 Å². The van der Waals surface area contributed by atoms with E-state index in [1.165, 1.54) is 51.5 Å². The van der Waals surface area contributed by atoms with Crippen molar-refractivity contribution in [1.82, 2.24) is 14.7 Å². The minimum absolute atomic E-state index is 0.0926. The molecule has 12 heteroatoms. The third-order valence-corrected chi connectivity index (χ3v) is 1.55. The third kappa shape index (κ3) is 624. The Labute approximate surface area is 257 Å². The van der Waals surface area contributed by atoms with Gasteiger partial charge >= 0.3 is 5.97 Å². The van der Waals surface area contributed by atoms with Crippen molar-refractivity contribution in [3.05, 3.63) is 0 Å². The van der Waals surface area contributed by atoms with Gasteiger partial charge in [0.2, 0.25) is 11.8 Å². The van der Waals surface area contributed by atoms with Crippen LogP contribution in [0.2, 0.25) is 46.7 Å². The molecule has 0 aliphatic heterocycles. The lowest BCUT2D eigenvalue weighted by molar-refractivity contribution is -0.138. The summed E-state index contributed by atoms with van der Waals surface area (Å²) in [7, 11) is 16.9. The Bertz CT molecular complexity index is 477. The van der Waals surface area contributed by atoms with Gasteiger partial charge in [0, 0.05) is 71.3 Å². The zero-order chi connectivity index (χ0) is 35.2. The van der Waals surface area contributed by atoms with E-state index in [0.717, 1.165) is 6.71 Å². The van der Waals surface area contributed by atoms with Crippen molar-refractivity contribution in [2.45, 2.75) is 81.3 Å². The Kier molecular flexibility index (Phi) is 78.6. The highest BCUT2D eigenvalue weighted by atomic mass is 32.2. The van der Waals surface area contributed by atoms with Crippen molar-refractivity contribution in [1.29, 1.82) is 0 Å². The summed E-state index contributed by atoms with van der Waals surface area (Å²) in [5.41, 5.74) is 0. The van der Waals surface area contributed by atoms with E-state index in [4.69, 9.17) is 0 Å². The fourth-order valence-corrected chi connectivity index (χ4v) is 0. The maximum Gasteiger partial charge on any atom is 0.302 e. The van der Waals surface area contributed by atoms with Gasteiger partial charge in [-0.05, 0) is 47.5 Å². The van der Waals surface area contributed by atoms with Crippen molar-refractivity contribution >= 4 is 50.1 Å². The largest absolute Gasteiger partial charge is 0.469 e. The summed E-state index contributed by atoms with van der Waals surface area (Å²) in [5.74, 6) is 0.106. The lowest BCUT2D eigenvalue weighted by atomic mass is 9.58. The minimum Gasteiger partial charge on any atom is -0.469 e. The van der Waals surface area contributed by atoms with Gasteiger partial charge in [0.1, 0.15) is 12.5 Å². The predicted molar refractivity (Wildman–Crippen MR) is 187 cm³/mol. The number of esters is 1. The van der Waals surface area contributed by atoms with Gasteiger partial charge in [-0.2, -0.15) is 11.8 Å². The second-order valence-electron chi connectivity index (χ2n) is 11.3. The second kappa shape index (κ2) is 50.5. The van der Waals surface area contributed by atoms with Crippen LogP contribution in [0.15, 0.2) is 0 Å². The number of hydrogen-bond donors (Lipinski definition) is 0. The van der Waals surface area contributed by atoms with Crippen molar-refractivity contribution in [3.63, 3.8) is 0 Å². The zero-order valence-electron chi connectivity index (χ0n) is 31.3. The third-order valence-electron chi connectivity index (χ3n) is 1.55. The van der Waals surface area contributed by atoms with E-state index in [0.29, 0.717) is 0 Å². The number of carbonyl (C=O) groups excluding carboxylic acids is 4.